The normalized spacial score (nSPS) is 13.0. The van der Waals surface area contributed by atoms with Crippen LogP contribution in [0.4, 0.5) is 22.4 Å². The number of hydrogen-bond donors (Lipinski definition) is 3. The molecular weight excluding hydrogens is 710 g/mol. The van der Waals surface area contributed by atoms with Gasteiger partial charge in [-0.15, -0.1) is 5.10 Å². The second-order valence-electron chi connectivity index (χ2n) is 13.2. The lowest BCUT2D eigenvalue weighted by molar-refractivity contribution is -0.156. The first kappa shape index (κ1) is 41.8. The van der Waals surface area contributed by atoms with Gasteiger partial charge in [0.2, 0.25) is 23.4 Å². The number of carbonyl (C=O) groups is 5. The molecule has 3 atom stereocenters. The molecule has 0 saturated carbocycles. The van der Waals surface area contributed by atoms with Crippen molar-refractivity contribution in [3.05, 3.63) is 71.1 Å². The van der Waals surface area contributed by atoms with E-state index in [2.05, 4.69) is 31.5 Å². The molecule has 0 radical (unpaired) electrons. The largest absolute Gasteiger partial charge is 0.479 e. The second kappa shape index (κ2) is 18.7. The summed E-state index contributed by atoms with van der Waals surface area (Å²) in [4.78, 5) is 66.0. The number of nitrogens with one attached hydrogen (secondary N) is 3. The maximum atomic E-state index is 14.2. The van der Waals surface area contributed by atoms with E-state index in [0.29, 0.717) is 11.4 Å². The van der Waals surface area contributed by atoms with Gasteiger partial charge in [0.25, 0.3) is 0 Å². The van der Waals surface area contributed by atoms with Crippen LogP contribution in [-0.2, 0) is 48.7 Å². The Bertz CT molecular complexity index is 1740. The quantitative estimate of drug-likeness (QED) is 0.104. The molecule has 3 aromatic rings. The van der Waals surface area contributed by atoms with Crippen LogP contribution < -0.4 is 20.7 Å². The van der Waals surface area contributed by atoms with E-state index in [1.165, 1.54) is 4.68 Å². The molecule has 288 valence electrons. The number of nitrogens with zero attached hydrogens (tertiary/aromatic N) is 4. The number of alkyl carbamates (subject to hydrolysis) is 1. The molecule has 0 unspecified atom stereocenters. The Morgan fingerprint density at radius 2 is 1.53 bits per heavy atom. The molecule has 0 fully saturated rings. The van der Waals surface area contributed by atoms with Gasteiger partial charge in [0, 0.05) is 19.5 Å². The number of halogens is 4. The minimum absolute atomic E-state index is 0.0438. The number of rotatable bonds is 17. The third kappa shape index (κ3) is 12.8. The fourth-order valence-electron chi connectivity index (χ4n) is 4.68. The predicted molar refractivity (Wildman–Crippen MR) is 177 cm³/mol. The first-order valence-electron chi connectivity index (χ1n) is 16.4. The molecule has 0 saturated heterocycles. The summed E-state index contributed by atoms with van der Waals surface area (Å²) < 4.78 is 72.4. The fraction of sp³-hybridized carbons (Fsp3) is 0.471. The van der Waals surface area contributed by atoms with Crippen LogP contribution in [0.2, 0.25) is 0 Å². The Morgan fingerprint density at radius 3 is 2.09 bits per heavy atom. The lowest BCUT2D eigenvalue weighted by Gasteiger charge is -2.27. The summed E-state index contributed by atoms with van der Waals surface area (Å²) in [5, 5.41) is 18.5. The number of carbonyl (C=O) groups excluding carboxylic acids is 5. The highest BCUT2D eigenvalue weighted by atomic mass is 19.2. The second-order valence-corrected chi connectivity index (χ2v) is 13.2. The van der Waals surface area contributed by atoms with Crippen molar-refractivity contribution in [2.24, 2.45) is 13.0 Å². The number of ketones is 1. The van der Waals surface area contributed by atoms with Crippen molar-refractivity contribution in [3.63, 3.8) is 0 Å². The third-order valence-corrected chi connectivity index (χ3v) is 7.36. The van der Waals surface area contributed by atoms with Crippen molar-refractivity contribution in [2.45, 2.75) is 84.2 Å². The highest BCUT2D eigenvalue weighted by Gasteiger charge is 2.34. The van der Waals surface area contributed by atoms with Crippen molar-refractivity contribution in [3.8, 4) is 5.75 Å². The summed E-state index contributed by atoms with van der Waals surface area (Å²) in [6, 6.07) is 4.28. The Kier molecular flexibility index (Phi) is 14.8. The monoisotopic (exact) mass is 751 g/mol. The van der Waals surface area contributed by atoms with Crippen molar-refractivity contribution >= 4 is 29.7 Å². The molecule has 2 aromatic carbocycles. The number of tetrazole rings is 1. The Morgan fingerprint density at radius 1 is 0.887 bits per heavy atom. The molecule has 15 nitrogen and oxygen atoms in total. The standard InChI is InChI=1S/C34H41F4N7O8/c1-18(2)29(41-31(48)22(12-13-25-42-43-44-45(25)6)40-33(50)52-16-19-10-8-7-9-11-19)32(49)39-23(15-26(47)53-34(3,4)5)24(46)17-51-30-27(37)20(35)14-21(36)28(30)38/h7-11,14,18,22-23,29H,12-13,15-17H2,1-6H3,(H,39,49)(H,40,50)(H,41,48)/t22-,23-,29-/m0/s1. The average molecular weight is 752 g/mol. The maximum absolute atomic E-state index is 14.2. The number of amides is 3. The molecule has 1 aromatic heterocycles. The lowest BCUT2D eigenvalue weighted by atomic mass is 10.0. The van der Waals surface area contributed by atoms with Crippen LogP contribution in [-0.4, -0.2) is 80.2 Å². The van der Waals surface area contributed by atoms with Crippen molar-refractivity contribution in [1.29, 1.82) is 0 Å². The van der Waals surface area contributed by atoms with Gasteiger partial charge in [0.15, 0.2) is 29.0 Å². The highest BCUT2D eigenvalue weighted by molar-refractivity contribution is 5.96. The van der Waals surface area contributed by atoms with Gasteiger partial charge in [-0.2, -0.15) is 8.78 Å². The van der Waals surface area contributed by atoms with E-state index in [-0.39, 0.29) is 25.5 Å². The van der Waals surface area contributed by atoms with Crippen LogP contribution >= 0.6 is 0 Å². The molecule has 0 aliphatic carbocycles. The zero-order valence-electron chi connectivity index (χ0n) is 29.9. The van der Waals surface area contributed by atoms with E-state index in [0.717, 1.165) is 0 Å². The van der Waals surface area contributed by atoms with Gasteiger partial charge in [-0.3, -0.25) is 19.2 Å². The number of esters is 1. The molecule has 3 rings (SSSR count). The number of benzene rings is 2. The average Bonchev–Trinajstić information content (AvgIpc) is 3.50. The summed E-state index contributed by atoms with van der Waals surface area (Å²) in [7, 11) is 1.58. The predicted octanol–water partition coefficient (Wildman–Crippen LogP) is 3.00. The van der Waals surface area contributed by atoms with Gasteiger partial charge < -0.3 is 30.2 Å². The van der Waals surface area contributed by atoms with E-state index in [4.69, 9.17) is 14.2 Å². The molecule has 1 heterocycles. The molecule has 0 aliphatic rings. The third-order valence-electron chi connectivity index (χ3n) is 7.36. The molecule has 3 N–H and O–H groups in total. The van der Waals surface area contributed by atoms with Crippen LogP contribution in [0.15, 0.2) is 36.4 Å². The van der Waals surface area contributed by atoms with Crippen molar-refractivity contribution in [2.75, 3.05) is 6.61 Å². The van der Waals surface area contributed by atoms with Crippen LogP contribution in [0.5, 0.6) is 5.75 Å². The maximum Gasteiger partial charge on any atom is 0.408 e. The van der Waals surface area contributed by atoms with Gasteiger partial charge in [-0.25, -0.2) is 18.3 Å². The van der Waals surface area contributed by atoms with E-state index in [9.17, 15) is 41.5 Å². The molecular formula is C34H41F4N7O8. The van der Waals surface area contributed by atoms with E-state index in [1.54, 1.807) is 72.0 Å². The minimum Gasteiger partial charge on any atom is -0.479 e. The van der Waals surface area contributed by atoms with E-state index >= 15 is 0 Å². The molecule has 19 heteroatoms. The lowest BCUT2D eigenvalue weighted by Crippen LogP contribution is -2.58. The first-order valence-corrected chi connectivity index (χ1v) is 16.4. The van der Waals surface area contributed by atoms with Crippen LogP contribution in [0, 0.1) is 29.2 Å². The number of Topliss-reactive ketones (excluding diaryl/α,β-unsaturated/α-hetero) is 1. The van der Waals surface area contributed by atoms with Gasteiger partial charge in [-0.05, 0) is 49.1 Å². The summed E-state index contributed by atoms with van der Waals surface area (Å²) in [5.41, 5.74) is -0.333. The van der Waals surface area contributed by atoms with Gasteiger partial charge in [0.1, 0.15) is 36.9 Å². The Labute approximate surface area is 302 Å². The van der Waals surface area contributed by atoms with Crippen molar-refractivity contribution in [1.82, 2.24) is 36.2 Å². The van der Waals surface area contributed by atoms with Gasteiger partial charge >= 0.3 is 12.1 Å². The van der Waals surface area contributed by atoms with Gasteiger partial charge in [-0.1, -0.05) is 44.2 Å². The highest BCUT2D eigenvalue weighted by Crippen LogP contribution is 2.26. The molecule has 3 amide bonds. The number of aryl methyl sites for hydroxylation is 2. The van der Waals surface area contributed by atoms with Gasteiger partial charge in [0.05, 0.1) is 6.42 Å². The molecule has 0 spiro atoms. The van der Waals surface area contributed by atoms with Crippen LogP contribution in [0.3, 0.4) is 0 Å². The topological polar surface area (TPSA) is 193 Å². The molecule has 0 bridgehead atoms. The molecule has 0 aliphatic heterocycles. The summed E-state index contributed by atoms with van der Waals surface area (Å²) in [6.45, 7) is 6.41. The van der Waals surface area contributed by atoms with E-state index < -0.39 is 101 Å². The smallest absolute Gasteiger partial charge is 0.408 e. The summed E-state index contributed by atoms with van der Waals surface area (Å²) >= 11 is 0. The fourth-order valence-corrected chi connectivity index (χ4v) is 4.68. The van der Waals surface area contributed by atoms with Crippen molar-refractivity contribution < 1.29 is 55.7 Å². The van der Waals surface area contributed by atoms with E-state index in [1.807, 2.05) is 0 Å². The SMILES string of the molecule is CC(C)[C@H](NC(=O)[C@H](CCc1nnnn1C)NC(=O)OCc1ccccc1)C(=O)N[C@@H](CC(=O)OC(C)(C)C)C(=O)COc1c(F)c(F)cc(F)c1F. The molecule has 53 heavy (non-hydrogen) atoms. The Hall–Kier alpha value is -5.62. The zero-order chi connectivity index (χ0) is 39.5. The Balaban J connectivity index is 1.80. The van der Waals surface area contributed by atoms with Crippen LogP contribution in [0.25, 0.3) is 0 Å². The number of aromatic nitrogens is 4. The zero-order valence-corrected chi connectivity index (χ0v) is 29.9. The minimum atomic E-state index is -1.91. The van der Waals surface area contributed by atoms with Crippen LogP contribution in [0.1, 0.15) is 58.8 Å². The first-order chi connectivity index (χ1) is 24.9. The number of hydrogen-bond acceptors (Lipinski definition) is 11. The summed E-state index contributed by atoms with van der Waals surface area (Å²) in [6.07, 6.45) is -1.67. The number of ether oxygens (including phenoxy) is 3. The summed E-state index contributed by atoms with van der Waals surface area (Å²) in [5.74, 6) is -13.1.